The molecular weight excluding hydrogens is 1100 g/mol. The molecule has 0 bridgehead atoms. The molecule has 2 aromatic heterocycles. The molecule has 0 radical (unpaired) electrons. The number of hydrogen-bond donors (Lipinski definition) is 0. The Bertz CT molecular complexity index is 5340. The summed E-state index contributed by atoms with van der Waals surface area (Å²) in [6, 6.07) is 87.7. The lowest BCUT2D eigenvalue weighted by atomic mass is 10.00. The van der Waals surface area contributed by atoms with Crippen molar-refractivity contribution in [2.75, 3.05) is 9.80 Å². The van der Waals surface area contributed by atoms with Crippen molar-refractivity contribution in [1.82, 2.24) is 9.13 Å². The van der Waals surface area contributed by atoms with Crippen LogP contribution in [0.3, 0.4) is 0 Å². The second-order valence-corrected chi connectivity index (χ2v) is 25.3. The van der Waals surface area contributed by atoms with Gasteiger partial charge in [-0.25, -0.2) is 16.8 Å². The Kier molecular flexibility index (Phi) is 11.4. The van der Waals surface area contributed by atoms with Crippen LogP contribution in [0.5, 0.6) is 0 Å². The highest BCUT2D eigenvalue weighted by molar-refractivity contribution is 7.92. The molecule has 12 heteroatoms. The van der Waals surface area contributed by atoms with E-state index in [9.17, 15) is 26.4 Å². The maximum atomic E-state index is 14.8. The van der Waals surface area contributed by atoms with E-state index in [-0.39, 0.29) is 53.4 Å². The van der Waals surface area contributed by atoms with E-state index in [1.165, 1.54) is 0 Å². The minimum atomic E-state index is -4.15. The Morgan fingerprint density at radius 3 is 1.17 bits per heavy atom. The number of ketones is 2. The molecule has 0 aliphatic carbocycles. The lowest BCUT2D eigenvalue weighted by molar-refractivity contribution is 0.102. The fourth-order valence-corrected chi connectivity index (χ4v) is 16.1. The number of benzene rings is 12. The zero-order chi connectivity index (χ0) is 58.0. The SMILES string of the molecule is O=C1c2cc(N(c3ccccc3)c3ccc(-c4ccc5c(c4)c4ccccc4n5-c4ccc5c(c4)S(=O)(=O)c4ccc(-n6c7ccccc7c7ccccc76)cc4C5=O)cc3)ccc2S(=O)(=O)c2cc(N(c3ccccc3)c3ccccc3)ccc21. The topological polar surface area (TPSA) is 119 Å². The first-order chi connectivity index (χ1) is 42.0. The van der Waals surface area contributed by atoms with Gasteiger partial charge < -0.3 is 18.9 Å². The molecule has 12 aromatic carbocycles. The highest BCUT2D eigenvalue weighted by Gasteiger charge is 2.38. The lowest BCUT2D eigenvalue weighted by Crippen LogP contribution is -2.22. The lowest BCUT2D eigenvalue weighted by Gasteiger charge is -2.29. The molecular formula is C74H46N4O6S2. The van der Waals surface area contributed by atoms with E-state index in [0.717, 1.165) is 77.5 Å². The maximum Gasteiger partial charge on any atom is 0.208 e. The highest BCUT2D eigenvalue weighted by Crippen LogP contribution is 2.46. The smallest absolute Gasteiger partial charge is 0.208 e. The molecule has 0 atom stereocenters. The van der Waals surface area contributed by atoms with Crippen molar-refractivity contribution in [3.8, 4) is 22.5 Å². The molecule has 14 aromatic rings. The number of anilines is 6. The van der Waals surface area contributed by atoms with Crippen LogP contribution in [0.25, 0.3) is 66.1 Å². The average molecular weight is 1150 g/mol. The number of para-hydroxylation sites is 6. The van der Waals surface area contributed by atoms with Gasteiger partial charge in [0.05, 0.1) is 41.6 Å². The van der Waals surface area contributed by atoms with Crippen molar-refractivity contribution in [2.24, 2.45) is 0 Å². The third kappa shape index (κ3) is 7.77. The van der Waals surface area contributed by atoms with E-state index in [2.05, 4.69) is 28.8 Å². The number of aromatic nitrogens is 2. The zero-order valence-electron chi connectivity index (χ0n) is 45.6. The van der Waals surface area contributed by atoms with Gasteiger partial charge in [0.25, 0.3) is 0 Å². The van der Waals surface area contributed by atoms with E-state index in [0.29, 0.717) is 22.7 Å². The van der Waals surface area contributed by atoms with Gasteiger partial charge >= 0.3 is 0 Å². The fraction of sp³-hybridized carbons (Fsp3) is 0. The van der Waals surface area contributed by atoms with Crippen molar-refractivity contribution >= 4 is 109 Å². The average Bonchev–Trinajstić information content (AvgIpc) is 1.07. The summed E-state index contributed by atoms with van der Waals surface area (Å²) in [6.45, 7) is 0. The second kappa shape index (κ2) is 19.3. The second-order valence-electron chi connectivity index (χ2n) is 21.6. The van der Waals surface area contributed by atoms with Gasteiger partial charge in [0.2, 0.25) is 19.7 Å². The predicted molar refractivity (Wildman–Crippen MR) is 341 cm³/mol. The predicted octanol–water partition coefficient (Wildman–Crippen LogP) is 17.2. The third-order valence-corrected chi connectivity index (χ3v) is 20.5. The van der Waals surface area contributed by atoms with Crippen LogP contribution in [-0.4, -0.2) is 37.5 Å². The van der Waals surface area contributed by atoms with Crippen LogP contribution in [0.15, 0.2) is 299 Å². The monoisotopic (exact) mass is 1150 g/mol. The van der Waals surface area contributed by atoms with Crippen molar-refractivity contribution in [2.45, 2.75) is 19.6 Å². The van der Waals surface area contributed by atoms with Crippen LogP contribution >= 0.6 is 0 Å². The molecule has 16 rings (SSSR count). The Hall–Kier alpha value is -10.9. The van der Waals surface area contributed by atoms with Gasteiger partial charge in [-0.1, -0.05) is 127 Å². The number of nitrogens with zero attached hydrogens (tertiary/aromatic N) is 4. The Morgan fingerprint density at radius 2 is 0.628 bits per heavy atom. The summed E-state index contributed by atoms with van der Waals surface area (Å²) in [5.41, 5.74) is 11.7. The first kappa shape index (κ1) is 50.8. The van der Waals surface area contributed by atoms with Gasteiger partial charge in [0, 0.05) is 89.3 Å². The van der Waals surface area contributed by atoms with Gasteiger partial charge in [-0.3, -0.25) is 9.59 Å². The van der Waals surface area contributed by atoms with E-state index < -0.39 is 19.7 Å². The number of hydrogen-bond acceptors (Lipinski definition) is 8. The van der Waals surface area contributed by atoms with Crippen molar-refractivity contribution in [1.29, 1.82) is 0 Å². The molecule has 0 amide bonds. The van der Waals surface area contributed by atoms with Crippen LogP contribution in [0, 0.1) is 0 Å². The Labute approximate surface area is 494 Å². The summed E-state index contributed by atoms with van der Waals surface area (Å²) in [5, 5.41) is 4.03. The van der Waals surface area contributed by atoms with E-state index in [1.54, 1.807) is 66.7 Å². The standard InChI is InChI=1S/C74H46N4O6S2/c79-73-60-37-33-55(75(49-16-4-1-5-17-49)50-18-6-2-7-19-50)45-71(60)85(81,82)69-40-35-53(43-63(69)73)76(51-20-8-3-9-21-51)52-31-28-47(29-32-52)48-30-39-68-62(42-48)59-24-12-15-27-67(59)78(68)56-34-38-61-72(46-56)86(83,84)70-41-36-54(44-64(70)74(61)80)77-65-25-13-10-22-57(65)58-23-11-14-26-66(58)77/h1-46H. The molecule has 0 saturated heterocycles. The highest BCUT2D eigenvalue weighted by atomic mass is 32.2. The van der Waals surface area contributed by atoms with Crippen molar-refractivity contribution in [3.05, 3.63) is 301 Å². The van der Waals surface area contributed by atoms with Crippen LogP contribution in [-0.2, 0) is 19.7 Å². The summed E-state index contributed by atoms with van der Waals surface area (Å²) >= 11 is 0. The summed E-state index contributed by atoms with van der Waals surface area (Å²) in [7, 11) is -8.29. The maximum absolute atomic E-state index is 14.8. The molecule has 410 valence electrons. The normalized spacial score (nSPS) is 13.8. The Balaban J connectivity index is 0.726. The number of carbonyl (C=O) groups is 2. The van der Waals surface area contributed by atoms with Gasteiger partial charge in [-0.15, -0.1) is 0 Å². The zero-order valence-corrected chi connectivity index (χ0v) is 47.2. The first-order valence-corrected chi connectivity index (χ1v) is 31.0. The van der Waals surface area contributed by atoms with Gasteiger partial charge in [-0.05, 0) is 163 Å². The number of rotatable bonds is 9. The van der Waals surface area contributed by atoms with E-state index in [1.807, 2.05) is 202 Å². The third-order valence-electron chi connectivity index (χ3n) is 16.8. The number of fused-ring (bicyclic) bond motifs is 10. The van der Waals surface area contributed by atoms with Gasteiger partial charge in [0.1, 0.15) is 0 Å². The molecule has 0 unspecified atom stereocenters. The number of carbonyl (C=O) groups excluding carboxylic acids is 2. The van der Waals surface area contributed by atoms with E-state index >= 15 is 0 Å². The molecule has 4 heterocycles. The molecule has 0 spiro atoms. The van der Waals surface area contributed by atoms with Gasteiger partial charge in [0.15, 0.2) is 11.6 Å². The summed E-state index contributed by atoms with van der Waals surface area (Å²) in [6.07, 6.45) is 0. The molecule has 2 aliphatic rings. The number of sulfone groups is 2. The van der Waals surface area contributed by atoms with Crippen LogP contribution < -0.4 is 9.80 Å². The van der Waals surface area contributed by atoms with E-state index in [4.69, 9.17) is 0 Å². The quantitative estimate of drug-likeness (QED) is 0.140. The molecule has 0 saturated carbocycles. The van der Waals surface area contributed by atoms with Crippen LogP contribution in [0.1, 0.15) is 31.8 Å². The summed E-state index contributed by atoms with van der Waals surface area (Å²) < 4.78 is 63.1. The summed E-state index contributed by atoms with van der Waals surface area (Å²) in [4.78, 5) is 33.0. The van der Waals surface area contributed by atoms with Crippen LogP contribution in [0.4, 0.5) is 34.1 Å². The Morgan fingerprint density at radius 1 is 0.256 bits per heavy atom. The largest absolute Gasteiger partial charge is 0.310 e. The van der Waals surface area contributed by atoms with Gasteiger partial charge in [-0.2, -0.15) is 0 Å². The molecule has 0 N–H and O–H groups in total. The summed E-state index contributed by atoms with van der Waals surface area (Å²) in [5.74, 6) is -0.735. The molecule has 10 nitrogen and oxygen atoms in total. The molecule has 86 heavy (non-hydrogen) atoms. The molecule has 2 aliphatic heterocycles. The molecule has 0 fully saturated rings. The minimum Gasteiger partial charge on any atom is -0.310 e. The van der Waals surface area contributed by atoms with Crippen molar-refractivity contribution in [3.63, 3.8) is 0 Å². The van der Waals surface area contributed by atoms with Crippen LogP contribution in [0.2, 0.25) is 0 Å². The first-order valence-electron chi connectivity index (χ1n) is 28.1. The minimum absolute atomic E-state index is 0.0223. The fourth-order valence-electron chi connectivity index (χ4n) is 12.8. The van der Waals surface area contributed by atoms with Crippen molar-refractivity contribution < 1.29 is 26.4 Å².